The van der Waals surface area contributed by atoms with Crippen molar-refractivity contribution in [3.05, 3.63) is 12.2 Å². The van der Waals surface area contributed by atoms with Crippen molar-refractivity contribution < 1.29 is 4.74 Å². The molecule has 16 heavy (non-hydrogen) atoms. The smallest absolute Gasteiger partial charge is 0.0547 e. The number of hydrogen-bond acceptors (Lipinski definition) is 1. The Bertz CT molecular complexity index is 152. The van der Waals surface area contributed by atoms with Crippen LogP contribution in [0.4, 0.5) is 0 Å². The molecule has 0 heterocycles. The monoisotopic (exact) mass is 226 g/mol. The van der Waals surface area contributed by atoms with E-state index in [4.69, 9.17) is 4.74 Å². The summed E-state index contributed by atoms with van der Waals surface area (Å²) in [6.07, 6.45) is 15.3. The second-order valence-electron chi connectivity index (χ2n) is 4.60. The van der Waals surface area contributed by atoms with E-state index in [0.717, 1.165) is 13.0 Å². The summed E-state index contributed by atoms with van der Waals surface area (Å²) in [5.74, 6) is 0. The van der Waals surface area contributed by atoms with Crippen LogP contribution in [-0.4, -0.2) is 12.7 Å². The van der Waals surface area contributed by atoms with Crippen LogP contribution in [0, 0.1) is 0 Å². The lowest BCUT2D eigenvalue weighted by atomic mass is 10.1. The molecule has 0 saturated heterocycles. The molecule has 0 radical (unpaired) electrons. The Morgan fingerprint density at radius 3 is 2.44 bits per heavy atom. The van der Waals surface area contributed by atoms with Crippen LogP contribution in [0.25, 0.3) is 0 Å². The highest BCUT2D eigenvalue weighted by molar-refractivity contribution is 4.76. The Morgan fingerprint density at radius 1 is 1.06 bits per heavy atom. The zero-order valence-electron chi connectivity index (χ0n) is 11.5. The van der Waals surface area contributed by atoms with Gasteiger partial charge in [0.25, 0.3) is 0 Å². The summed E-state index contributed by atoms with van der Waals surface area (Å²) in [6.45, 7) is 7.38. The number of allylic oxidation sites excluding steroid dienone is 2. The minimum Gasteiger partial charge on any atom is -0.379 e. The highest BCUT2D eigenvalue weighted by Crippen LogP contribution is 2.10. The zero-order chi connectivity index (χ0) is 12.1. The van der Waals surface area contributed by atoms with E-state index < -0.39 is 0 Å². The van der Waals surface area contributed by atoms with Crippen molar-refractivity contribution in [1.82, 2.24) is 0 Å². The lowest BCUT2D eigenvalue weighted by Crippen LogP contribution is -2.08. The van der Waals surface area contributed by atoms with Crippen LogP contribution in [0.3, 0.4) is 0 Å². The predicted octanol–water partition coefficient (Wildman–Crippen LogP) is 5.11. The number of ether oxygens (including phenoxy) is 1. The van der Waals surface area contributed by atoms with E-state index in [-0.39, 0.29) is 0 Å². The molecule has 1 nitrogen and oxygen atoms in total. The molecule has 0 aromatic rings. The van der Waals surface area contributed by atoms with Gasteiger partial charge in [0, 0.05) is 6.61 Å². The van der Waals surface area contributed by atoms with Gasteiger partial charge in [-0.25, -0.2) is 0 Å². The van der Waals surface area contributed by atoms with Crippen LogP contribution >= 0.6 is 0 Å². The number of rotatable bonds is 11. The highest BCUT2D eigenvalue weighted by atomic mass is 16.5. The van der Waals surface area contributed by atoms with Gasteiger partial charge in [-0.1, -0.05) is 44.8 Å². The molecule has 0 rings (SSSR count). The van der Waals surface area contributed by atoms with Crippen molar-refractivity contribution in [2.75, 3.05) is 6.61 Å². The molecule has 0 aliphatic carbocycles. The van der Waals surface area contributed by atoms with Crippen molar-refractivity contribution in [2.24, 2.45) is 0 Å². The van der Waals surface area contributed by atoms with E-state index in [2.05, 4.69) is 32.9 Å². The first-order valence-corrected chi connectivity index (χ1v) is 7.04. The average Bonchev–Trinajstić information content (AvgIpc) is 2.30. The Kier molecular flexibility index (Phi) is 12.5. The van der Waals surface area contributed by atoms with Gasteiger partial charge < -0.3 is 4.74 Å². The summed E-state index contributed by atoms with van der Waals surface area (Å²) >= 11 is 0. The third-order valence-electron chi connectivity index (χ3n) is 2.82. The standard InChI is InChI=1S/C15H30O/c1-4-6-7-8-9-10-11-12-13-15(3)16-14-5-2/h4,6,15H,5,7-14H2,1-3H3. The summed E-state index contributed by atoms with van der Waals surface area (Å²) in [7, 11) is 0. The maximum atomic E-state index is 5.64. The fourth-order valence-corrected chi connectivity index (χ4v) is 1.79. The third kappa shape index (κ3) is 11.8. The molecule has 0 fully saturated rings. The van der Waals surface area contributed by atoms with Gasteiger partial charge in [-0.15, -0.1) is 0 Å². The van der Waals surface area contributed by atoms with Crippen molar-refractivity contribution in [3.63, 3.8) is 0 Å². The van der Waals surface area contributed by atoms with Gasteiger partial charge in [0.2, 0.25) is 0 Å². The van der Waals surface area contributed by atoms with Gasteiger partial charge in [-0.05, 0) is 39.5 Å². The van der Waals surface area contributed by atoms with E-state index in [1.54, 1.807) is 0 Å². The maximum absolute atomic E-state index is 5.64. The fraction of sp³-hybridized carbons (Fsp3) is 0.867. The Balaban J connectivity index is 3.08. The topological polar surface area (TPSA) is 9.23 Å². The summed E-state index contributed by atoms with van der Waals surface area (Å²) in [6, 6.07) is 0. The van der Waals surface area contributed by atoms with Crippen molar-refractivity contribution in [3.8, 4) is 0 Å². The van der Waals surface area contributed by atoms with Gasteiger partial charge in [0.05, 0.1) is 6.10 Å². The first kappa shape index (κ1) is 15.7. The average molecular weight is 226 g/mol. The second kappa shape index (κ2) is 12.8. The summed E-state index contributed by atoms with van der Waals surface area (Å²) in [5, 5.41) is 0. The lowest BCUT2D eigenvalue weighted by Gasteiger charge is -2.11. The molecule has 0 aromatic heterocycles. The van der Waals surface area contributed by atoms with Crippen LogP contribution in [0.15, 0.2) is 12.2 Å². The predicted molar refractivity (Wildman–Crippen MR) is 72.8 cm³/mol. The van der Waals surface area contributed by atoms with Gasteiger partial charge in [-0.3, -0.25) is 0 Å². The molecule has 1 unspecified atom stereocenters. The van der Waals surface area contributed by atoms with E-state index in [1.807, 2.05) is 0 Å². The van der Waals surface area contributed by atoms with Gasteiger partial charge in [0.15, 0.2) is 0 Å². The lowest BCUT2D eigenvalue weighted by molar-refractivity contribution is 0.0589. The molecule has 0 N–H and O–H groups in total. The second-order valence-corrected chi connectivity index (χ2v) is 4.60. The van der Waals surface area contributed by atoms with Gasteiger partial charge in [0.1, 0.15) is 0 Å². The van der Waals surface area contributed by atoms with Crippen LogP contribution in [0.2, 0.25) is 0 Å². The summed E-state index contributed by atoms with van der Waals surface area (Å²) in [5.41, 5.74) is 0. The minimum absolute atomic E-state index is 0.461. The largest absolute Gasteiger partial charge is 0.379 e. The molecule has 1 heteroatoms. The van der Waals surface area contributed by atoms with E-state index >= 15 is 0 Å². The fourth-order valence-electron chi connectivity index (χ4n) is 1.79. The molecule has 0 aromatic carbocycles. The van der Waals surface area contributed by atoms with E-state index in [9.17, 15) is 0 Å². The van der Waals surface area contributed by atoms with Crippen molar-refractivity contribution in [1.29, 1.82) is 0 Å². The molecule has 0 aliphatic heterocycles. The maximum Gasteiger partial charge on any atom is 0.0547 e. The Morgan fingerprint density at radius 2 is 1.75 bits per heavy atom. The quantitative estimate of drug-likeness (QED) is 0.351. The molecule has 0 saturated carbocycles. The Hall–Kier alpha value is -0.300. The van der Waals surface area contributed by atoms with Crippen LogP contribution in [-0.2, 0) is 4.74 Å². The van der Waals surface area contributed by atoms with Gasteiger partial charge in [-0.2, -0.15) is 0 Å². The SMILES string of the molecule is CC=CCCCCCCCC(C)OCCC. The molecule has 1 atom stereocenters. The van der Waals surface area contributed by atoms with Crippen molar-refractivity contribution >= 4 is 0 Å². The molecule has 0 spiro atoms. The molecule has 96 valence electrons. The molecule has 0 aliphatic rings. The van der Waals surface area contributed by atoms with Crippen LogP contribution in [0.5, 0.6) is 0 Å². The van der Waals surface area contributed by atoms with Crippen LogP contribution < -0.4 is 0 Å². The first-order valence-electron chi connectivity index (χ1n) is 7.04. The number of unbranched alkanes of at least 4 members (excludes halogenated alkanes) is 5. The Labute approximate surface area is 102 Å². The molecular weight excluding hydrogens is 196 g/mol. The van der Waals surface area contributed by atoms with Crippen molar-refractivity contribution in [2.45, 2.75) is 78.2 Å². The van der Waals surface area contributed by atoms with E-state index in [1.165, 1.54) is 44.9 Å². The normalized spacial score (nSPS) is 13.4. The minimum atomic E-state index is 0.461. The third-order valence-corrected chi connectivity index (χ3v) is 2.82. The zero-order valence-corrected chi connectivity index (χ0v) is 11.5. The highest BCUT2D eigenvalue weighted by Gasteiger charge is 2.00. The summed E-state index contributed by atoms with van der Waals surface area (Å²) < 4.78 is 5.64. The first-order chi connectivity index (χ1) is 7.81. The molecule has 0 amide bonds. The van der Waals surface area contributed by atoms with E-state index in [0.29, 0.717) is 6.10 Å². The summed E-state index contributed by atoms with van der Waals surface area (Å²) in [4.78, 5) is 0. The molecule has 0 bridgehead atoms. The number of hydrogen-bond donors (Lipinski definition) is 0. The molecular formula is C15H30O. The van der Waals surface area contributed by atoms with Crippen LogP contribution in [0.1, 0.15) is 72.1 Å². The van der Waals surface area contributed by atoms with Gasteiger partial charge >= 0.3 is 0 Å².